The summed E-state index contributed by atoms with van der Waals surface area (Å²) in [5, 5.41) is 27.8. The Morgan fingerprint density at radius 1 is 0.467 bits per heavy atom. The summed E-state index contributed by atoms with van der Waals surface area (Å²) < 4.78 is 211. The quantitative estimate of drug-likeness (QED) is 0.0891. The van der Waals surface area contributed by atoms with Gasteiger partial charge in [-0.3, -0.25) is 19.4 Å². The van der Waals surface area contributed by atoms with Gasteiger partial charge in [-0.05, 0) is 96.6 Å². The van der Waals surface area contributed by atoms with Crippen LogP contribution in [0.25, 0.3) is 0 Å². The Morgan fingerprint density at radius 2 is 0.822 bits per heavy atom. The van der Waals surface area contributed by atoms with Gasteiger partial charge in [0.05, 0.1) is 63.4 Å². The van der Waals surface area contributed by atoms with Crippen LogP contribution in [-0.4, -0.2) is 168 Å². The van der Waals surface area contributed by atoms with E-state index in [9.17, 15) is 79.2 Å². The highest BCUT2D eigenvalue weighted by molar-refractivity contribution is 7.92. The third-order valence-corrected chi connectivity index (χ3v) is 20.6. The topological polar surface area (TPSA) is 303 Å². The molecule has 3 N–H and O–H groups in total. The minimum Gasteiger partial charge on any atom is -0.484 e. The summed E-state index contributed by atoms with van der Waals surface area (Å²) in [5.41, 5.74) is -1.94. The molecule has 3 aromatic carbocycles. The first-order chi connectivity index (χ1) is 42.4. The number of hydrogen-bond acceptors (Lipinski definition) is 19. The largest absolute Gasteiger partial charge is 0.484 e. The molecule has 90 heavy (non-hydrogen) atoms. The second kappa shape index (κ2) is 29.3. The van der Waals surface area contributed by atoms with Crippen LogP contribution >= 0.6 is 0 Å². The van der Waals surface area contributed by atoms with Crippen LogP contribution in [-0.2, 0) is 82.2 Å². The van der Waals surface area contributed by atoms with E-state index in [1.807, 2.05) is 0 Å². The van der Waals surface area contributed by atoms with Gasteiger partial charge in [-0.15, -0.1) is 5.10 Å². The van der Waals surface area contributed by atoms with Gasteiger partial charge in [0.25, 0.3) is 17.7 Å². The van der Waals surface area contributed by atoms with Crippen LogP contribution in [0.3, 0.4) is 0 Å². The molecule has 0 saturated carbocycles. The van der Waals surface area contributed by atoms with E-state index in [1.54, 1.807) is 72.8 Å². The first-order valence-corrected chi connectivity index (χ1v) is 31.5. The van der Waals surface area contributed by atoms with Gasteiger partial charge in [-0.1, -0.05) is 36.4 Å². The van der Waals surface area contributed by atoms with Gasteiger partial charge < -0.3 is 44.2 Å². The molecule has 0 aliphatic carbocycles. The number of halogens is 9. The second-order valence-electron chi connectivity index (χ2n) is 20.1. The molecule has 22 nitrogen and oxygen atoms in total. The average molecular weight is 1330 g/mol. The summed E-state index contributed by atoms with van der Waals surface area (Å²) in [6.07, 6.45) is -11.2. The van der Waals surface area contributed by atoms with E-state index in [0.717, 1.165) is 24.7 Å². The Kier molecular flexibility index (Phi) is 22.6. The van der Waals surface area contributed by atoms with Crippen LogP contribution in [0.15, 0.2) is 137 Å². The smallest absolute Gasteiger partial charge is 0.419 e. The number of aromatic nitrogens is 4. The number of hydrogen-bond donors (Lipinski definition) is 3. The lowest BCUT2D eigenvalue weighted by atomic mass is 10.2. The zero-order chi connectivity index (χ0) is 65.8. The Bertz CT molecular complexity index is 3420. The standard InChI is InChI=1S/2C19H19F3N2O5S.C18H18F3N3O5S/c20-19(21,22)16-5-7-23-9-17(16)30(27,28)15-6-8-24(10-15)18(26)12-29-14-3-1-13(11-25)2-4-14;20-19(21,22)16-2-1-8-23-18(16)30(27,28)15-7-9-24(10-15)17(26)12-29-14-5-3-13(11-25)4-6-14;19-18(20,21)15-5-7-22-23-17(15)30(27,28)14-6-8-24(9-14)16(26)11-29-13-3-1-12(10-25)2-4-13/h1-5,7,9,15,25H,6,8,10-12H2;1-6,8,15,25H,7,9-12H2;1-5,7,14,25H,6,8-11H2. The second-order valence-corrected chi connectivity index (χ2v) is 26.6. The first kappa shape index (κ1) is 69.4. The molecule has 3 saturated heterocycles. The molecule has 3 unspecified atom stereocenters. The Balaban J connectivity index is 0.000000192. The number of ether oxygens (including phenoxy) is 3. The van der Waals surface area contributed by atoms with Gasteiger partial charge in [-0.2, -0.15) is 44.6 Å². The summed E-state index contributed by atoms with van der Waals surface area (Å²) in [7, 11) is -13.2. The highest BCUT2D eigenvalue weighted by atomic mass is 32.2. The van der Waals surface area contributed by atoms with Crippen molar-refractivity contribution in [1.82, 2.24) is 34.9 Å². The van der Waals surface area contributed by atoms with E-state index in [2.05, 4.69) is 20.2 Å². The number of benzene rings is 3. The molecule has 34 heteroatoms. The van der Waals surface area contributed by atoms with Crippen molar-refractivity contribution in [2.75, 3.05) is 59.1 Å². The fraction of sp³-hybridized carbons (Fsp3) is 0.375. The van der Waals surface area contributed by atoms with Crippen LogP contribution in [0.2, 0.25) is 0 Å². The monoisotopic (exact) mass is 1330 g/mol. The molecule has 3 fully saturated rings. The van der Waals surface area contributed by atoms with E-state index >= 15 is 0 Å². The number of nitrogens with zero attached hydrogens (tertiary/aromatic N) is 7. The maximum atomic E-state index is 13.2. The van der Waals surface area contributed by atoms with Gasteiger partial charge in [0, 0.05) is 57.9 Å². The summed E-state index contributed by atoms with van der Waals surface area (Å²) in [4.78, 5) is 46.9. The van der Waals surface area contributed by atoms with E-state index in [-0.39, 0.29) is 98.2 Å². The highest BCUT2D eigenvalue weighted by Gasteiger charge is 2.46. The number of carbonyl (C=O) groups is 3. The summed E-state index contributed by atoms with van der Waals surface area (Å²) in [6, 6.07) is 22.1. The van der Waals surface area contributed by atoms with Crippen molar-refractivity contribution in [3.05, 3.63) is 155 Å². The molecule has 3 amide bonds. The number of pyridine rings is 2. The number of amides is 3. The van der Waals surface area contributed by atoms with Crippen LogP contribution in [0, 0.1) is 0 Å². The predicted molar refractivity (Wildman–Crippen MR) is 296 cm³/mol. The number of alkyl halides is 9. The maximum absolute atomic E-state index is 13.2. The molecule has 6 heterocycles. The molecular formula is C56H56F9N7O15S3. The van der Waals surface area contributed by atoms with Crippen LogP contribution in [0.5, 0.6) is 17.2 Å². The third kappa shape index (κ3) is 17.5. The van der Waals surface area contributed by atoms with Crippen molar-refractivity contribution in [2.45, 2.75) is 88.3 Å². The van der Waals surface area contributed by atoms with E-state index in [4.69, 9.17) is 29.5 Å². The van der Waals surface area contributed by atoms with Gasteiger partial charge in [0.1, 0.15) is 17.2 Å². The molecule has 3 atom stereocenters. The maximum Gasteiger partial charge on any atom is 0.419 e. The van der Waals surface area contributed by atoms with Crippen molar-refractivity contribution in [1.29, 1.82) is 0 Å². The SMILES string of the molecule is O=C(COc1ccc(CO)cc1)N1CCC(S(=O)(=O)c2cnccc2C(F)(F)F)C1.O=C(COc1ccc(CO)cc1)N1CCC(S(=O)(=O)c2ncccc2C(F)(F)F)C1.O=C(COc1ccc(CO)cc1)N1CCC(S(=O)(=O)c2nnccc2C(F)(F)F)C1. The lowest BCUT2D eigenvalue weighted by Crippen LogP contribution is -2.35. The van der Waals surface area contributed by atoms with E-state index < -0.39 is 113 Å². The van der Waals surface area contributed by atoms with Crippen LogP contribution < -0.4 is 14.2 Å². The Labute approximate surface area is 508 Å². The lowest BCUT2D eigenvalue weighted by Gasteiger charge is -2.18. The molecule has 0 bridgehead atoms. The van der Waals surface area contributed by atoms with E-state index in [0.29, 0.717) is 58.3 Å². The summed E-state index contributed by atoms with van der Waals surface area (Å²) in [5.74, 6) is -0.258. The number of carbonyl (C=O) groups excluding carboxylic acids is 3. The number of aliphatic hydroxyl groups is 3. The van der Waals surface area contributed by atoms with Crippen molar-refractivity contribution < 1.29 is 109 Å². The van der Waals surface area contributed by atoms with Crippen molar-refractivity contribution in [3.63, 3.8) is 0 Å². The zero-order valence-electron chi connectivity index (χ0n) is 46.9. The van der Waals surface area contributed by atoms with Gasteiger partial charge in [-0.25, -0.2) is 30.2 Å². The zero-order valence-corrected chi connectivity index (χ0v) is 49.3. The van der Waals surface area contributed by atoms with Gasteiger partial charge in [0.15, 0.2) is 39.7 Å². The molecule has 0 spiro atoms. The van der Waals surface area contributed by atoms with Crippen molar-refractivity contribution in [2.24, 2.45) is 0 Å². The number of aliphatic hydroxyl groups excluding tert-OH is 3. The molecule has 3 aromatic heterocycles. The molecule has 9 rings (SSSR count). The minimum atomic E-state index is -4.90. The number of rotatable bonds is 18. The molecule has 3 aliphatic rings. The lowest BCUT2D eigenvalue weighted by molar-refractivity contribution is -0.141. The summed E-state index contributed by atoms with van der Waals surface area (Å²) in [6.45, 7) is -1.91. The fourth-order valence-electron chi connectivity index (χ4n) is 9.32. The van der Waals surface area contributed by atoms with Crippen molar-refractivity contribution in [3.8, 4) is 17.2 Å². The Hall–Kier alpha value is -8.05. The summed E-state index contributed by atoms with van der Waals surface area (Å²) >= 11 is 0. The van der Waals surface area contributed by atoms with Crippen LogP contribution in [0.1, 0.15) is 52.6 Å². The third-order valence-electron chi connectivity index (χ3n) is 14.2. The molecule has 6 aromatic rings. The molecule has 0 radical (unpaired) electrons. The van der Waals surface area contributed by atoms with E-state index in [1.165, 1.54) is 14.7 Å². The van der Waals surface area contributed by atoms with Gasteiger partial charge in [0.2, 0.25) is 19.7 Å². The molecule has 486 valence electrons. The van der Waals surface area contributed by atoms with Crippen molar-refractivity contribution >= 4 is 47.2 Å². The van der Waals surface area contributed by atoms with Gasteiger partial charge >= 0.3 is 18.5 Å². The normalized spacial score (nSPS) is 17.2. The number of sulfone groups is 3. The Morgan fingerprint density at radius 3 is 1.20 bits per heavy atom. The minimum absolute atomic E-state index is 0.00709. The highest BCUT2D eigenvalue weighted by Crippen LogP contribution is 2.39. The average Bonchev–Trinajstić information content (AvgIpc) is 1.36. The molecule has 3 aliphatic heterocycles. The first-order valence-electron chi connectivity index (χ1n) is 26.8. The predicted octanol–water partition coefficient (Wildman–Crippen LogP) is 5.53. The van der Waals surface area contributed by atoms with Crippen LogP contribution in [0.4, 0.5) is 39.5 Å². The molecular weight excluding hydrogens is 1280 g/mol. The fourth-order valence-corrected chi connectivity index (χ4v) is 14.7. The number of likely N-dealkylation sites (tertiary alicyclic amines) is 3.